The van der Waals surface area contributed by atoms with Crippen LogP contribution in [0.4, 0.5) is 0 Å². The van der Waals surface area contributed by atoms with Crippen molar-refractivity contribution in [3.63, 3.8) is 0 Å². The van der Waals surface area contributed by atoms with E-state index in [1.165, 1.54) is 13.4 Å². The van der Waals surface area contributed by atoms with Gasteiger partial charge < -0.3 is 9.15 Å². The Bertz CT molecular complexity index is 516. The molecule has 2 aromatic rings. The van der Waals surface area contributed by atoms with Gasteiger partial charge in [-0.2, -0.15) is 0 Å². The van der Waals surface area contributed by atoms with Crippen LogP contribution in [-0.2, 0) is 4.74 Å². The molecule has 0 spiro atoms. The van der Waals surface area contributed by atoms with Gasteiger partial charge in [-0.1, -0.05) is 29.8 Å². The molecule has 16 heavy (non-hydrogen) atoms. The van der Waals surface area contributed by atoms with Gasteiger partial charge in [-0.3, -0.25) is 0 Å². The zero-order valence-electron chi connectivity index (χ0n) is 8.57. The zero-order chi connectivity index (χ0) is 11.5. The van der Waals surface area contributed by atoms with Crippen LogP contribution < -0.4 is 0 Å². The summed E-state index contributed by atoms with van der Waals surface area (Å²) in [5.41, 5.74) is 1.38. The van der Waals surface area contributed by atoms with Gasteiger partial charge >= 0.3 is 5.97 Å². The largest absolute Gasteiger partial charge is 0.463 e. The van der Waals surface area contributed by atoms with Crippen LogP contribution in [0.3, 0.4) is 0 Å². The van der Waals surface area contributed by atoms with Crippen molar-refractivity contribution in [2.45, 2.75) is 0 Å². The van der Waals surface area contributed by atoms with Crippen LogP contribution in [0, 0.1) is 0 Å². The summed E-state index contributed by atoms with van der Waals surface area (Å²) in [6.45, 7) is 0. The van der Waals surface area contributed by atoms with Crippen LogP contribution >= 0.6 is 11.6 Å². The van der Waals surface area contributed by atoms with E-state index < -0.39 is 5.97 Å². The molecule has 0 amide bonds. The number of ether oxygens (including phenoxy) is 1. The molecule has 0 bridgehead atoms. The van der Waals surface area contributed by atoms with Crippen molar-refractivity contribution in [2.24, 2.45) is 0 Å². The first kappa shape index (κ1) is 10.8. The summed E-state index contributed by atoms with van der Waals surface area (Å²) in [6, 6.07) is 8.93. The van der Waals surface area contributed by atoms with Crippen molar-refractivity contribution in [1.29, 1.82) is 0 Å². The first-order valence-corrected chi connectivity index (χ1v) is 5.02. The number of hydrogen-bond donors (Lipinski definition) is 0. The van der Waals surface area contributed by atoms with Gasteiger partial charge in [-0.15, -0.1) is 0 Å². The standard InChI is InChI=1S/C12H9ClO3/c1-15-12(14)11-9(6-7-16-11)8-4-2-3-5-10(8)13/h2-7H,1H3. The Balaban J connectivity index is 2.53. The smallest absolute Gasteiger partial charge is 0.374 e. The molecule has 0 aliphatic carbocycles. The number of carbonyl (C=O) groups is 1. The number of rotatable bonds is 2. The highest BCUT2D eigenvalue weighted by molar-refractivity contribution is 6.33. The van der Waals surface area contributed by atoms with Gasteiger partial charge in [0.2, 0.25) is 5.76 Å². The van der Waals surface area contributed by atoms with Crippen LogP contribution in [0.1, 0.15) is 10.6 Å². The Morgan fingerprint density at radius 1 is 1.25 bits per heavy atom. The molecular formula is C12H9ClO3. The van der Waals surface area contributed by atoms with Crippen LogP contribution in [0.5, 0.6) is 0 Å². The third-order valence-corrected chi connectivity index (χ3v) is 2.53. The minimum absolute atomic E-state index is 0.163. The number of carbonyl (C=O) groups excluding carboxylic acids is 1. The SMILES string of the molecule is COC(=O)c1occc1-c1ccccc1Cl. The van der Waals surface area contributed by atoms with Gasteiger partial charge in [-0.25, -0.2) is 4.79 Å². The van der Waals surface area contributed by atoms with E-state index in [1.807, 2.05) is 18.2 Å². The van der Waals surface area contributed by atoms with Crippen LogP contribution in [0.15, 0.2) is 41.0 Å². The molecule has 0 saturated heterocycles. The normalized spacial score (nSPS) is 10.1. The molecule has 82 valence electrons. The van der Waals surface area contributed by atoms with Gasteiger partial charge in [0.25, 0.3) is 0 Å². The molecule has 0 saturated carbocycles. The molecule has 2 rings (SSSR count). The molecule has 1 heterocycles. The number of benzene rings is 1. The third-order valence-electron chi connectivity index (χ3n) is 2.20. The molecule has 1 aromatic carbocycles. The fourth-order valence-corrected chi connectivity index (χ4v) is 1.69. The lowest BCUT2D eigenvalue weighted by Gasteiger charge is -2.03. The van der Waals surface area contributed by atoms with Gasteiger partial charge in [0.05, 0.1) is 13.4 Å². The van der Waals surface area contributed by atoms with E-state index in [2.05, 4.69) is 4.74 Å². The second-order valence-electron chi connectivity index (χ2n) is 3.13. The first-order valence-electron chi connectivity index (χ1n) is 4.64. The predicted molar refractivity (Wildman–Crippen MR) is 60.5 cm³/mol. The monoisotopic (exact) mass is 236 g/mol. The number of methoxy groups -OCH3 is 1. The Morgan fingerprint density at radius 2 is 2.00 bits per heavy atom. The third kappa shape index (κ3) is 1.82. The molecule has 0 atom stereocenters. The van der Waals surface area contributed by atoms with E-state index >= 15 is 0 Å². The van der Waals surface area contributed by atoms with Crippen LogP contribution in [0.2, 0.25) is 5.02 Å². The predicted octanol–water partition coefficient (Wildman–Crippen LogP) is 3.39. The van der Waals surface area contributed by atoms with Crippen molar-refractivity contribution < 1.29 is 13.9 Å². The summed E-state index contributed by atoms with van der Waals surface area (Å²) in [6.07, 6.45) is 1.44. The average Bonchev–Trinajstić information content (AvgIpc) is 2.77. The average molecular weight is 237 g/mol. The Morgan fingerprint density at radius 3 is 2.69 bits per heavy atom. The van der Waals surface area contributed by atoms with E-state index in [9.17, 15) is 4.79 Å². The second kappa shape index (κ2) is 4.41. The highest BCUT2D eigenvalue weighted by Crippen LogP contribution is 2.31. The fraction of sp³-hybridized carbons (Fsp3) is 0.0833. The maximum Gasteiger partial charge on any atom is 0.374 e. The van der Waals surface area contributed by atoms with E-state index in [1.54, 1.807) is 12.1 Å². The van der Waals surface area contributed by atoms with Gasteiger partial charge in [0, 0.05) is 16.1 Å². The topological polar surface area (TPSA) is 39.4 Å². The van der Waals surface area contributed by atoms with Crippen LogP contribution in [0.25, 0.3) is 11.1 Å². The molecule has 3 nitrogen and oxygen atoms in total. The molecule has 4 heteroatoms. The number of furan rings is 1. The van der Waals surface area contributed by atoms with E-state index in [4.69, 9.17) is 16.0 Å². The van der Waals surface area contributed by atoms with Crippen molar-refractivity contribution in [3.8, 4) is 11.1 Å². The van der Waals surface area contributed by atoms with Gasteiger partial charge in [0.15, 0.2) is 0 Å². The molecule has 0 fully saturated rings. The number of esters is 1. The van der Waals surface area contributed by atoms with E-state index in [-0.39, 0.29) is 5.76 Å². The minimum atomic E-state index is -0.514. The minimum Gasteiger partial charge on any atom is -0.463 e. The quantitative estimate of drug-likeness (QED) is 0.751. The molecule has 0 unspecified atom stereocenters. The maximum atomic E-state index is 11.4. The second-order valence-corrected chi connectivity index (χ2v) is 3.54. The number of halogens is 1. The van der Waals surface area contributed by atoms with Crippen molar-refractivity contribution in [1.82, 2.24) is 0 Å². The molecule has 0 aliphatic rings. The van der Waals surface area contributed by atoms with Gasteiger partial charge in [-0.05, 0) is 12.1 Å². The zero-order valence-corrected chi connectivity index (χ0v) is 9.32. The Labute approximate surface area is 97.6 Å². The number of hydrogen-bond acceptors (Lipinski definition) is 3. The summed E-state index contributed by atoms with van der Waals surface area (Å²) in [5, 5.41) is 0.564. The van der Waals surface area contributed by atoms with Gasteiger partial charge in [0.1, 0.15) is 0 Å². The van der Waals surface area contributed by atoms with Crippen molar-refractivity contribution >= 4 is 17.6 Å². The first-order chi connectivity index (χ1) is 7.74. The molecule has 0 aliphatic heterocycles. The lowest BCUT2D eigenvalue weighted by molar-refractivity contribution is 0.0566. The summed E-state index contributed by atoms with van der Waals surface area (Å²) in [4.78, 5) is 11.4. The molecule has 0 N–H and O–H groups in total. The lowest BCUT2D eigenvalue weighted by atomic mass is 10.1. The van der Waals surface area contributed by atoms with Crippen LogP contribution in [-0.4, -0.2) is 13.1 Å². The van der Waals surface area contributed by atoms with Crippen molar-refractivity contribution in [2.75, 3.05) is 7.11 Å². The summed E-state index contributed by atoms with van der Waals surface area (Å²) in [5.74, 6) is -0.351. The highest BCUT2D eigenvalue weighted by atomic mass is 35.5. The summed E-state index contributed by atoms with van der Waals surface area (Å²) < 4.78 is 9.71. The fourth-order valence-electron chi connectivity index (χ4n) is 1.45. The molecule has 1 aromatic heterocycles. The Hall–Kier alpha value is -1.74. The van der Waals surface area contributed by atoms with Crippen molar-refractivity contribution in [3.05, 3.63) is 47.4 Å². The summed E-state index contributed by atoms with van der Waals surface area (Å²) >= 11 is 6.04. The Kier molecular flexibility index (Phi) is 2.97. The molecular weight excluding hydrogens is 228 g/mol. The van der Waals surface area contributed by atoms with E-state index in [0.717, 1.165) is 5.56 Å². The summed E-state index contributed by atoms with van der Waals surface area (Å²) in [7, 11) is 1.31. The maximum absolute atomic E-state index is 11.4. The molecule has 0 radical (unpaired) electrons. The highest BCUT2D eigenvalue weighted by Gasteiger charge is 2.18. The van der Waals surface area contributed by atoms with E-state index in [0.29, 0.717) is 10.6 Å². The lowest BCUT2D eigenvalue weighted by Crippen LogP contribution is -2.00.